The number of fused-ring (bicyclic) bond motifs is 1. The number of rotatable bonds is 4. The summed E-state index contributed by atoms with van der Waals surface area (Å²) in [6.07, 6.45) is 4.83. The Morgan fingerprint density at radius 1 is 1.53 bits per heavy atom. The number of thiazole rings is 1. The van der Waals surface area contributed by atoms with Crippen molar-refractivity contribution >= 4 is 38.6 Å². The molecule has 0 saturated carbocycles. The van der Waals surface area contributed by atoms with E-state index in [1.165, 1.54) is 34.3 Å². The molecule has 102 valence electrons. The van der Waals surface area contributed by atoms with Crippen LogP contribution in [-0.2, 0) is 12.8 Å². The molecule has 1 atom stereocenters. The average molecular weight is 357 g/mol. The van der Waals surface area contributed by atoms with Gasteiger partial charge in [-0.15, -0.1) is 22.7 Å². The highest BCUT2D eigenvalue weighted by Crippen LogP contribution is 2.37. The summed E-state index contributed by atoms with van der Waals surface area (Å²) in [4.78, 5) is 6.07. The third-order valence-electron chi connectivity index (χ3n) is 3.52. The average Bonchev–Trinajstić information content (AvgIpc) is 2.95. The predicted molar refractivity (Wildman–Crippen MR) is 86.3 cm³/mol. The second-order valence-electron chi connectivity index (χ2n) is 4.94. The minimum atomic E-state index is 0.533. The standard InChI is InChI=1S/C14H17BrN2S2/c1-9-17-10(8-18-9)5-6-16-12-3-2-4-13-11(12)7-14(15)19-13/h7-8,12,16H,2-6H2,1H3. The highest BCUT2D eigenvalue weighted by Gasteiger charge is 2.21. The van der Waals surface area contributed by atoms with Crippen LogP contribution in [0.25, 0.3) is 0 Å². The Bertz CT molecular complexity index is 562. The van der Waals surface area contributed by atoms with Gasteiger partial charge in [0.1, 0.15) is 0 Å². The summed E-state index contributed by atoms with van der Waals surface area (Å²) in [5.41, 5.74) is 2.73. The molecule has 0 aromatic carbocycles. The van der Waals surface area contributed by atoms with Gasteiger partial charge in [0.2, 0.25) is 0 Å². The van der Waals surface area contributed by atoms with Gasteiger partial charge in [-0.1, -0.05) is 0 Å². The summed E-state index contributed by atoms with van der Waals surface area (Å²) < 4.78 is 1.27. The van der Waals surface area contributed by atoms with Gasteiger partial charge in [-0.2, -0.15) is 0 Å². The number of halogens is 1. The summed E-state index contributed by atoms with van der Waals surface area (Å²) in [5.74, 6) is 0. The van der Waals surface area contributed by atoms with E-state index < -0.39 is 0 Å². The van der Waals surface area contributed by atoms with Gasteiger partial charge in [0.25, 0.3) is 0 Å². The zero-order chi connectivity index (χ0) is 13.2. The highest BCUT2D eigenvalue weighted by molar-refractivity contribution is 9.11. The Morgan fingerprint density at radius 2 is 2.42 bits per heavy atom. The van der Waals surface area contributed by atoms with Crippen molar-refractivity contribution < 1.29 is 0 Å². The van der Waals surface area contributed by atoms with Gasteiger partial charge in [0.15, 0.2) is 0 Å². The maximum atomic E-state index is 4.51. The fourth-order valence-electron chi connectivity index (χ4n) is 2.63. The van der Waals surface area contributed by atoms with Crippen LogP contribution in [0.4, 0.5) is 0 Å². The van der Waals surface area contributed by atoms with Crippen LogP contribution >= 0.6 is 38.6 Å². The summed E-state index contributed by atoms with van der Waals surface area (Å²) in [6, 6.07) is 2.83. The van der Waals surface area contributed by atoms with Crippen LogP contribution in [0.2, 0.25) is 0 Å². The molecule has 0 saturated heterocycles. The van der Waals surface area contributed by atoms with Crippen LogP contribution in [-0.4, -0.2) is 11.5 Å². The minimum absolute atomic E-state index is 0.533. The molecule has 1 aliphatic carbocycles. The molecule has 1 aliphatic rings. The Labute approximate surface area is 130 Å². The molecule has 2 aromatic heterocycles. The molecule has 19 heavy (non-hydrogen) atoms. The largest absolute Gasteiger partial charge is 0.310 e. The third kappa shape index (κ3) is 3.27. The molecule has 3 rings (SSSR count). The van der Waals surface area contributed by atoms with Crippen LogP contribution in [0.5, 0.6) is 0 Å². The van der Waals surface area contributed by atoms with E-state index >= 15 is 0 Å². The van der Waals surface area contributed by atoms with Crippen molar-refractivity contribution in [3.05, 3.63) is 36.4 Å². The molecular formula is C14H17BrN2S2. The quantitative estimate of drug-likeness (QED) is 0.872. The predicted octanol–water partition coefficient (Wildman–Crippen LogP) is 4.49. The molecule has 0 fully saturated rings. The van der Waals surface area contributed by atoms with Gasteiger partial charge in [0.05, 0.1) is 14.5 Å². The van der Waals surface area contributed by atoms with Crippen molar-refractivity contribution in [1.29, 1.82) is 0 Å². The van der Waals surface area contributed by atoms with Gasteiger partial charge >= 0.3 is 0 Å². The molecule has 0 radical (unpaired) electrons. The van der Waals surface area contributed by atoms with Gasteiger partial charge in [-0.25, -0.2) is 4.98 Å². The zero-order valence-corrected chi connectivity index (χ0v) is 14.1. The van der Waals surface area contributed by atoms with Crippen LogP contribution in [0.1, 0.15) is 40.0 Å². The lowest BCUT2D eigenvalue weighted by Crippen LogP contribution is -2.26. The molecule has 2 heterocycles. The molecular weight excluding hydrogens is 340 g/mol. The van der Waals surface area contributed by atoms with E-state index in [1.807, 2.05) is 11.3 Å². The Morgan fingerprint density at radius 3 is 3.21 bits per heavy atom. The van der Waals surface area contributed by atoms with Crippen LogP contribution in [0, 0.1) is 6.92 Å². The Balaban J connectivity index is 1.59. The Hall–Kier alpha value is -0.230. The molecule has 0 spiro atoms. The monoisotopic (exact) mass is 356 g/mol. The van der Waals surface area contributed by atoms with Gasteiger partial charge in [-0.3, -0.25) is 0 Å². The lowest BCUT2D eigenvalue weighted by atomic mass is 9.94. The fourth-order valence-corrected chi connectivity index (χ4v) is 5.10. The van der Waals surface area contributed by atoms with E-state index in [4.69, 9.17) is 0 Å². The molecule has 2 nitrogen and oxygen atoms in total. The first kappa shape index (κ1) is 13.7. The maximum absolute atomic E-state index is 4.51. The SMILES string of the molecule is Cc1nc(CCNC2CCCc3sc(Br)cc32)cs1. The number of aromatic nitrogens is 1. The number of hydrogen-bond donors (Lipinski definition) is 1. The maximum Gasteiger partial charge on any atom is 0.0897 e. The lowest BCUT2D eigenvalue weighted by molar-refractivity contribution is 0.466. The summed E-state index contributed by atoms with van der Waals surface area (Å²) in [5, 5.41) is 7.03. The first-order chi connectivity index (χ1) is 9.22. The van der Waals surface area contributed by atoms with Crippen molar-refractivity contribution in [2.24, 2.45) is 0 Å². The third-order valence-corrected chi connectivity index (χ3v) is 6.06. The number of nitrogens with zero attached hydrogens (tertiary/aromatic N) is 1. The molecule has 1 N–H and O–H groups in total. The minimum Gasteiger partial charge on any atom is -0.310 e. The zero-order valence-electron chi connectivity index (χ0n) is 10.9. The summed E-state index contributed by atoms with van der Waals surface area (Å²) in [7, 11) is 0. The van der Waals surface area contributed by atoms with Crippen molar-refractivity contribution in [1.82, 2.24) is 10.3 Å². The number of nitrogens with one attached hydrogen (secondary N) is 1. The van der Waals surface area contributed by atoms with E-state index in [0.29, 0.717) is 6.04 Å². The van der Waals surface area contributed by atoms with Gasteiger partial charge < -0.3 is 5.32 Å². The first-order valence-electron chi connectivity index (χ1n) is 6.65. The van der Waals surface area contributed by atoms with Crippen LogP contribution in [0.3, 0.4) is 0 Å². The van der Waals surface area contributed by atoms with Crippen LogP contribution < -0.4 is 5.32 Å². The van der Waals surface area contributed by atoms with E-state index in [-0.39, 0.29) is 0 Å². The van der Waals surface area contributed by atoms with Crippen molar-refractivity contribution in [2.75, 3.05) is 6.54 Å². The van der Waals surface area contributed by atoms with E-state index in [2.05, 4.69) is 44.6 Å². The fraction of sp³-hybridized carbons (Fsp3) is 0.500. The number of thiophene rings is 1. The topological polar surface area (TPSA) is 24.9 Å². The normalized spacial score (nSPS) is 18.5. The smallest absolute Gasteiger partial charge is 0.0897 e. The second kappa shape index (κ2) is 6.04. The van der Waals surface area contributed by atoms with Crippen molar-refractivity contribution in [3.8, 4) is 0 Å². The lowest BCUT2D eigenvalue weighted by Gasteiger charge is -2.23. The molecule has 0 amide bonds. The first-order valence-corrected chi connectivity index (χ1v) is 9.14. The van der Waals surface area contributed by atoms with E-state index in [1.54, 1.807) is 16.2 Å². The highest BCUT2D eigenvalue weighted by atomic mass is 79.9. The van der Waals surface area contributed by atoms with Crippen molar-refractivity contribution in [3.63, 3.8) is 0 Å². The van der Waals surface area contributed by atoms with E-state index in [9.17, 15) is 0 Å². The molecule has 0 aliphatic heterocycles. The van der Waals surface area contributed by atoms with Crippen LogP contribution in [0.15, 0.2) is 15.2 Å². The molecule has 1 unspecified atom stereocenters. The number of aryl methyl sites for hydroxylation is 2. The molecule has 5 heteroatoms. The summed E-state index contributed by atoms with van der Waals surface area (Å²) in [6.45, 7) is 3.08. The van der Waals surface area contributed by atoms with E-state index in [0.717, 1.165) is 18.0 Å². The molecule has 2 aromatic rings. The van der Waals surface area contributed by atoms with Gasteiger partial charge in [-0.05, 0) is 53.7 Å². The van der Waals surface area contributed by atoms with Gasteiger partial charge in [0, 0.05) is 29.3 Å². The molecule has 0 bridgehead atoms. The van der Waals surface area contributed by atoms with Crippen molar-refractivity contribution in [2.45, 2.75) is 38.6 Å². The number of hydrogen-bond acceptors (Lipinski definition) is 4. The second-order valence-corrected chi connectivity index (χ2v) is 8.51. The summed E-state index contributed by atoms with van der Waals surface area (Å²) >= 11 is 7.24. The Kier molecular flexibility index (Phi) is 4.37.